The van der Waals surface area contributed by atoms with Gasteiger partial charge in [0.15, 0.2) is 0 Å². The van der Waals surface area contributed by atoms with Crippen LogP contribution < -0.4 is 0 Å². The Labute approximate surface area is 101 Å². The summed E-state index contributed by atoms with van der Waals surface area (Å²) >= 11 is 1.27. The second kappa shape index (κ2) is 4.97. The highest BCUT2D eigenvalue weighted by atomic mass is 32.2. The number of rotatable bonds is 3. The van der Waals surface area contributed by atoms with Crippen molar-refractivity contribution in [1.29, 1.82) is 5.26 Å². The molecule has 6 heteroatoms. The van der Waals surface area contributed by atoms with Gasteiger partial charge < -0.3 is 4.42 Å². The Morgan fingerprint density at radius 1 is 1.47 bits per heavy atom. The van der Waals surface area contributed by atoms with Crippen LogP contribution in [0.2, 0.25) is 0 Å². The van der Waals surface area contributed by atoms with Gasteiger partial charge in [-0.1, -0.05) is 11.8 Å². The zero-order valence-electron chi connectivity index (χ0n) is 8.98. The van der Waals surface area contributed by atoms with E-state index in [1.807, 2.05) is 6.07 Å². The van der Waals surface area contributed by atoms with Crippen molar-refractivity contribution in [3.8, 4) is 6.07 Å². The minimum absolute atomic E-state index is 0.360. The molecule has 2 rings (SSSR count). The average molecular weight is 249 g/mol. The summed E-state index contributed by atoms with van der Waals surface area (Å²) in [6, 6.07) is 6.09. The molecule has 1 heterocycles. The fraction of sp³-hybridized carbons (Fsp3) is 0.182. The maximum Gasteiger partial charge on any atom is 0.276 e. The lowest BCUT2D eigenvalue weighted by molar-refractivity contribution is 0.429. The molecule has 0 radical (unpaired) electrons. The summed E-state index contributed by atoms with van der Waals surface area (Å²) in [5, 5.41) is 16.8. The molecule has 0 amide bonds. The second-order valence-corrected chi connectivity index (χ2v) is 4.22. The highest BCUT2D eigenvalue weighted by Gasteiger charge is 2.08. The Bertz CT molecular complexity index is 576. The molecular weight excluding hydrogens is 241 g/mol. The summed E-state index contributed by atoms with van der Waals surface area (Å²) in [5.41, 5.74) is 1.07. The summed E-state index contributed by atoms with van der Waals surface area (Å²) in [6.45, 7) is 1.69. The van der Waals surface area contributed by atoms with E-state index in [2.05, 4.69) is 10.2 Å². The van der Waals surface area contributed by atoms with Gasteiger partial charge in [0.1, 0.15) is 5.82 Å². The van der Waals surface area contributed by atoms with Crippen LogP contribution >= 0.6 is 11.8 Å². The van der Waals surface area contributed by atoms with Gasteiger partial charge in [-0.15, -0.1) is 10.2 Å². The molecule has 0 aliphatic heterocycles. The number of hydrogen-bond acceptors (Lipinski definition) is 5. The van der Waals surface area contributed by atoms with Crippen LogP contribution in [0.5, 0.6) is 0 Å². The number of hydrogen-bond donors (Lipinski definition) is 0. The molecule has 0 spiro atoms. The van der Waals surface area contributed by atoms with Crippen molar-refractivity contribution in [2.75, 3.05) is 0 Å². The quantitative estimate of drug-likeness (QED) is 0.782. The first kappa shape index (κ1) is 11.6. The van der Waals surface area contributed by atoms with E-state index in [1.54, 1.807) is 6.92 Å². The fourth-order valence-electron chi connectivity index (χ4n) is 1.27. The van der Waals surface area contributed by atoms with Crippen LogP contribution in [0.15, 0.2) is 27.8 Å². The standard InChI is InChI=1S/C11H8FN3OS/c1-7-14-15-11(16-7)17-6-9-4-10(12)3-2-8(9)5-13/h2-4H,6H2,1H3. The molecule has 17 heavy (non-hydrogen) atoms. The number of aromatic nitrogens is 2. The van der Waals surface area contributed by atoms with Crippen LogP contribution in [0.1, 0.15) is 17.0 Å². The molecule has 0 aliphatic rings. The maximum atomic E-state index is 13.0. The van der Waals surface area contributed by atoms with Crippen molar-refractivity contribution in [2.24, 2.45) is 0 Å². The van der Waals surface area contributed by atoms with Crippen LogP contribution in [0, 0.1) is 24.1 Å². The molecule has 4 nitrogen and oxygen atoms in total. The van der Waals surface area contributed by atoms with Crippen molar-refractivity contribution in [3.05, 3.63) is 41.0 Å². The van der Waals surface area contributed by atoms with E-state index in [-0.39, 0.29) is 5.82 Å². The molecule has 2 aromatic rings. The molecule has 0 saturated carbocycles. The number of benzene rings is 1. The zero-order valence-corrected chi connectivity index (χ0v) is 9.79. The fourth-order valence-corrected chi connectivity index (χ4v) is 2.06. The molecule has 1 aromatic heterocycles. The summed E-state index contributed by atoms with van der Waals surface area (Å²) in [7, 11) is 0. The lowest BCUT2D eigenvalue weighted by atomic mass is 10.1. The zero-order chi connectivity index (χ0) is 12.3. The van der Waals surface area contributed by atoms with Gasteiger partial charge in [0.05, 0.1) is 11.6 Å². The van der Waals surface area contributed by atoms with Crippen LogP contribution in [-0.2, 0) is 5.75 Å². The molecule has 1 aromatic carbocycles. The lowest BCUT2D eigenvalue weighted by Crippen LogP contribution is -1.89. The average Bonchev–Trinajstić information content (AvgIpc) is 2.73. The third-order valence-electron chi connectivity index (χ3n) is 2.05. The molecule has 0 saturated heterocycles. The first-order valence-corrected chi connectivity index (χ1v) is 5.79. The first-order valence-electron chi connectivity index (χ1n) is 4.80. The monoisotopic (exact) mass is 249 g/mol. The highest BCUT2D eigenvalue weighted by Crippen LogP contribution is 2.23. The van der Waals surface area contributed by atoms with Gasteiger partial charge in [-0.2, -0.15) is 5.26 Å². The van der Waals surface area contributed by atoms with Crippen molar-refractivity contribution < 1.29 is 8.81 Å². The Kier molecular flexibility index (Phi) is 3.40. The van der Waals surface area contributed by atoms with Crippen LogP contribution in [0.4, 0.5) is 4.39 Å². The van der Waals surface area contributed by atoms with Crippen molar-refractivity contribution in [2.45, 2.75) is 17.9 Å². The van der Waals surface area contributed by atoms with E-state index in [4.69, 9.17) is 9.68 Å². The Morgan fingerprint density at radius 2 is 2.29 bits per heavy atom. The van der Waals surface area contributed by atoms with Crippen LogP contribution in [0.3, 0.4) is 0 Å². The van der Waals surface area contributed by atoms with E-state index in [9.17, 15) is 4.39 Å². The molecule has 0 atom stereocenters. The molecule has 0 aliphatic carbocycles. The molecule has 0 unspecified atom stereocenters. The minimum Gasteiger partial charge on any atom is -0.416 e. The van der Waals surface area contributed by atoms with E-state index in [1.165, 1.54) is 30.0 Å². The number of thioether (sulfide) groups is 1. The predicted octanol–water partition coefficient (Wildman–Crippen LogP) is 2.68. The minimum atomic E-state index is -0.360. The van der Waals surface area contributed by atoms with Crippen molar-refractivity contribution >= 4 is 11.8 Å². The normalized spacial score (nSPS) is 10.2. The number of aryl methyl sites for hydroxylation is 1. The van der Waals surface area contributed by atoms with Crippen molar-refractivity contribution in [1.82, 2.24) is 10.2 Å². The van der Waals surface area contributed by atoms with E-state index < -0.39 is 0 Å². The number of nitrogens with zero attached hydrogens (tertiary/aromatic N) is 3. The van der Waals surface area contributed by atoms with Gasteiger partial charge in [0.2, 0.25) is 5.89 Å². The molecule has 0 N–H and O–H groups in total. The first-order chi connectivity index (χ1) is 8.19. The van der Waals surface area contributed by atoms with Crippen LogP contribution in [0.25, 0.3) is 0 Å². The number of halogens is 1. The van der Waals surface area contributed by atoms with Crippen LogP contribution in [-0.4, -0.2) is 10.2 Å². The Hall–Kier alpha value is -1.87. The maximum absolute atomic E-state index is 13.0. The predicted molar refractivity (Wildman–Crippen MR) is 59.7 cm³/mol. The van der Waals surface area contributed by atoms with Gasteiger partial charge in [-0.25, -0.2) is 4.39 Å². The second-order valence-electron chi connectivity index (χ2n) is 3.29. The largest absolute Gasteiger partial charge is 0.416 e. The summed E-state index contributed by atoms with van der Waals surface area (Å²) < 4.78 is 18.2. The molecule has 0 bridgehead atoms. The third kappa shape index (κ3) is 2.82. The summed E-state index contributed by atoms with van der Waals surface area (Å²) in [4.78, 5) is 0. The highest BCUT2D eigenvalue weighted by molar-refractivity contribution is 7.98. The van der Waals surface area contributed by atoms with E-state index >= 15 is 0 Å². The van der Waals surface area contributed by atoms with Gasteiger partial charge in [-0.05, 0) is 23.8 Å². The lowest BCUT2D eigenvalue weighted by Gasteiger charge is -2.01. The summed E-state index contributed by atoms with van der Waals surface area (Å²) in [5.74, 6) is 0.538. The molecule has 0 fully saturated rings. The van der Waals surface area contributed by atoms with Gasteiger partial charge >= 0.3 is 0 Å². The SMILES string of the molecule is Cc1nnc(SCc2cc(F)ccc2C#N)o1. The van der Waals surface area contributed by atoms with E-state index in [0.717, 1.165) is 0 Å². The Balaban J connectivity index is 2.13. The smallest absolute Gasteiger partial charge is 0.276 e. The third-order valence-corrected chi connectivity index (χ3v) is 2.91. The van der Waals surface area contributed by atoms with E-state index in [0.29, 0.717) is 28.0 Å². The molecular formula is C11H8FN3OS. The Morgan fingerprint density at radius 3 is 2.94 bits per heavy atom. The number of nitriles is 1. The van der Waals surface area contributed by atoms with Gasteiger partial charge in [0.25, 0.3) is 5.22 Å². The topological polar surface area (TPSA) is 62.7 Å². The van der Waals surface area contributed by atoms with Gasteiger partial charge in [-0.3, -0.25) is 0 Å². The molecule has 86 valence electrons. The van der Waals surface area contributed by atoms with Crippen molar-refractivity contribution in [3.63, 3.8) is 0 Å². The van der Waals surface area contributed by atoms with Gasteiger partial charge in [0, 0.05) is 12.7 Å². The summed E-state index contributed by atoms with van der Waals surface area (Å²) in [6.07, 6.45) is 0.